The van der Waals surface area contributed by atoms with Crippen molar-refractivity contribution in [2.75, 3.05) is 0 Å². The molecular weight excluding hydrogens is 234 g/mol. The van der Waals surface area contributed by atoms with Crippen molar-refractivity contribution in [3.8, 4) is 17.3 Å². The summed E-state index contributed by atoms with van der Waals surface area (Å²) in [4.78, 5) is 7.38. The third-order valence-corrected chi connectivity index (χ3v) is 3.29. The maximum atomic E-state index is 9.14. The molecule has 2 rings (SSSR count). The average Bonchev–Trinajstić information content (AvgIpc) is 2.69. The van der Waals surface area contributed by atoms with Crippen molar-refractivity contribution in [1.82, 2.24) is 9.97 Å². The van der Waals surface area contributed by atoms with Crippen LogP contribution in [0.15, 0.2) is 18.2 Å². The van der Waals surface area contributed by atoms with Crippen LogP contribution in [0.25, 0.3) is 11.3 Å². The average molecular weight is 253 g/mol. The lowest BCUT2D eigenvalue weighted by atomic mass is 9.85. The van der Waals surface area contributed by atoms with Crippen molar-refractivity contribution in [3.63, 3.8) is 0 Å². The minimum atomic E-state index is 0.130. The van der Waals surface area contributed by atoms with E-state index in [1.807, 2.05) is 6.92 Å². The van der Waals surface area contributed by atoms with Gasteiger partial charge in [-0.15, -0.1) is 0 Å². The molecule has 98 valence electrons. The number of rotatable bonds is 1. The van der Waals surface area contributed by atoms with E-state index in [4.69, 9.17) is 5.26 Å². The van der Waals surface area contributed by atoms with Gasteiger partial charge in [-0.3, -0.25) is 0 Å². The lowest BCUT2D eigenvalue weighted by Gasteiger charge is -2.20. The molecule has 0 unspecified atom stereocenters. The van der Waals surface area contributed by atoms with Gasteiger partial charge in [0.2, 0.25) is 0 Å². The summed E-state index contributed by atoms with van der Waals surface area (Å²) in [6.07, 6.45) is 0. The van der Waals surface area contributed by atoms with Gasteiger partial charge in [-0.1, -0.05) is 39.0 Å². The number of aromatic amines is 1. The molecular formula is C16H19N3. The molecule has 1 heterocycles. The number of nitriles is 1. The standard InChI is InChI=1S/C16H19N3/c1-10-8-12(16(3,4)5)6-7-13(10)15-14(9-17)18-11(2)19-15/h6-8H,1-5H3,(H,18,19). The maximum Gasteiger partial charge on any atom is 0.166 e. The van der Waals surface area contributed by atoms with Crippen LogP contribution < -0.4 is 0 Å². The van der Waals surface area contributed by atoms with Gasteiger partial charge >= 0.3 is 0 Å². The highest BCUT2D eigenvalue weighted by Crippen LogP contribution is 2.30. The molecule has 1 aromatic carbocycles. The largest absolute Gasteiger partial charge is 0.341 e. The zero-order valence-electron chi connectivity index (χ0n) is 12.1. The number of aryl methyl sites for hydroxylation is 2. The van der Waals surface area contributed by atoms with E-state index in [1.165, 1.54) is 5.56 Å². The van der Waals surface area contributed by atoms with Gasteiger partial charge < -0.3 is 4.98 Å². The molecule has 3 nitrogen and oxygen atoms in total. The lowest BCUT2D eigenvalue weighted by molar-refractivity contribution is 0.590. The molecule has 1 N–H and O–H groups in total. The normalized spacial score (nSPS) is 11.4. The third kappa shape index (κ3) is 2.53. The summed E-state index contributed by atoms with van der Waals surface area (Å²) in [5.74, 6) is 0.769. The van der Waals surface area contributed by atoms with Crippen LogP contribution >= 0.6 is 0 Å². The van der Waals surface area contributed by atoms with E-state index in [0.717, 1.165) is 22.6 Å². The van der Waals surface area contributed by atoms with E-state index in [-0.39, 0.29) is 5.41 Å². The van der Waals surface area contributed by atoms with Crippen molar-refractivity contribution in [2.45, 2.75) is 40.0 Å². The second-order valence-corrected chi connectivity index (χ2v) is 5.94. The van der Waals surface area contributed by atoms with Crippen molar-refractivity contribution in [2.24, 2.45) is 0 Å². The fourth-order valence-electron chi connectivity index (χ4n) is 2.18. The molecule has 19 heavy (non-hydrogen) atoms. The van der Waals surface area contributed by atoms with Gasteiger partial charge in [-0.05, 0) is 30.4 Å². The van der Waals surface area contributed by atoms with E-state index in [2.05, 4.69) is 61.9 Å². The lowest BCUT2D eigenvalue weighted by Crippen LogP contribution is -2.11. The van der Waals surface area contributed by atoms with Crippen molar-refractivity contribution < 1.29 is 0 Å². The summed E-state index contributed by atoms with van der Waals surface area (Å²) in [5, 5.41) is 9.14. The molecule has 0 aliphatic carbocycles. The van der Waals surface area contributed by atoms with Gasteiger partial charge in [-0.25, -0.2) is 4.98 Å². The first kappa shape index (κ1) is 13.4. The Morgan fingerprint density at radius 1 is 1.21 bits per heavy atom. The summed E-state index contributed by atoms with van der Waals surface area (Å²) in [6, 6.07) is 8.53. The van der Waals surface area contributed by atoms with Crippen molar-refractivity contribution >= 4 is 0 Å². The number of imidazole rings is 1. The smallest absolute Gasteiger partial charge is 0.166 e. The molecule has 0 aliphatic rings. The SMILES string of the molecule is Cc1nc(C#N)c(-c2ccc(C(C)(C)C)cc2C)[nH]1. The van der Waals surface area contributed by atoms with Crippen LogP contribution in [0.4, 0.5) is 0 Å². The molecule has 0 aliphatic heterocycles. The number of benzene rings is 1. The van der Waals surface area contributed by atoms with Gasteiger partial charge in [0.1, 0.15) is 11.9 Å². The summed E-state index contributed by atoms with van der Waals surface area (Å²) in [6.45, 7) is 10.5. The Labute approximate surface area is 114 Å². The molecule has 0 amide bonds. The van der Waals surface area contributed by atoms with Gasteiger partial charge in [0, 0.05) is 5.56 Å². The van der Waals surface area contributed by atoms with Gasteiger partial charge in [0.05, 0.1) is 5.69 Å². The summed E-state index contributed by atoms with van der Waals surface area (Å²) in [7, 11) is 0. The maximum absolute atomic E-state index is 9.14. The van der Waals surface area contributed by atoms with Crippen LogP contribution in [0.2, 0.25) is 0 Å². The second-order valence-electron chi connectivity index (χ2n) is 5.94. The summed E-state index contributed by atoms with van der Waals surface area (Å²) < 4.78 is 0. The molecule has 0 radical (unpaired) electrons. The van der Waals surface area contributed by atoms with E-state index in [0.29, 0.717) is 5.69 Å². The van der Waals surface area contributed by atoms with E-state index < -0.39 is 0 Å². The van der Waals surface area contributed by atoms with E-state index >= 15 is 0 Å². The molecule has 2 aromatic rings. The predicted molar refractivity (Wildman–Crippen MR) is 76.9 cm³/mol. The number of nitrogens with zero attached hydrogens (tertiary/aromatic N) is 2. The minimum Gasteiger partial charge on any atom is -0.341 e. The third-order valence-electron chi connectivity index (χ3n) is 3.29. The Morgan fingerprint density at radius 3 is 2.42 bits per heavy atom. The van der Waals surface area contributed by atoms with Gasteiger partial charge in [0.15, 0.2) is 5.69 Å². The minimum absolute atomic E-state index is 0.130. The molecule has 0 atom stereocenters. The zero-order valence-corrected chi connectivity index (χ0v) is 12.1. The topological polar surface area (TPSA) is 52.5 Å². The molecule has 0 saturated heterocycles. The van der Waals surface area contributed by atoms with E-state index in [9.17, 15) is 0 Å². The predicted octanol–water partition coefficient (Wildman–Crippen LogP) is 3.86. The Morgan fingerprint density at radius 2 is 1.89 bits per heavy atom. The van der Waals surface area contributed by atoms with Gasteiger partial charge in [0.25, 0.3) is 0 Å². The van der Waals surface area contributed by atoms with Crippen LogP contribution in [0, 0.1) is 25.2 Å². The summed E-state index contributed by atoms with van der Waals surface area (Å²) in [5.41, 5.74) is 4.91. The number of H-pyrrole nitrogens is 1. The molecule has 0 fully saturated rings. The highest BCUT2D eigenvalue weighted by atomic mass is 14.9. The number of hydrogen-bond donors (Lipinski definition) is 1. The van der Waals surface area contributed by atoms with Crippen LogP contribution in [0.5, 0.6) is 0 Å². The quantitative estimate of drug-likeness (QED) is 0.839. The first-order valence-electron chi connectivity index (χ1n) is 6.41. The number of hydrogen-bond acceptors (Lipinski definition) is 2. The second kappa shape index (κ2) is 4.55. The van der Waals surface area contributed by atoms with E-state index in [1.54, 1.807) is 0 Å². The highest BCUT2D eigenvalue weighted by Gasteiger charge is 2.17. The molecule has 1 aromatic heterocycles. The number of nitrogens with one attached hydrogen (secondary N) is 1. The molecule has 3 heteroatoms. The monoisotopic (exact) mass is 253 g/mol. The Hall–Kier alpha value is -2.08. The fourth-order valence-corrected chi connectivity index (χ4v) is 2.18. The molecule has 0 spiro atoms. The van der Waals surface area contributed by atoms with Crippen LogP contribution in [0.1, 0.15) is 43.4 Å². The molecule has 0 bridgehead atoms. The zero-order chi connectivity index (χ0) is 14.2. The van der Waals surface area contributed by atoms with Crippen molar-refractivity contribution in [1.29, 1.82) is 5.26 Å². The first-order chi connectivity index (χ1) is 8.82. The van der Waals surface area contributed by atoms with Crippen LogP contribution in [-0.4, -0.2) is 9.97 Å². The Bertz CT molecular complexity index is 652. The van der Waals surface area contributed by atoms with Crippen LogP contribution in [0.3, 0.4) is 0 Å². The van der Waals surface area contributed by atoms with Crippen molar-refractivity contribution in [3.05, 3.63) is 40.8 Å². The van der Waals surface area contributed by atoms with Crippen LogP contribution in [-0.2, 0) is 5.41 Å². The highest BCUT2D eigenvalue weighted by molar-refractivity contribution is 5.69. The molecule has 0 saturated carbocycles. The number of aromatic nitrogens is 2. The van der Waals surface area contributed by atoms with Gasteiger partial charge in [-0.2, -0.15) is 5.26 Å². The summed E-state index contributed by atoms with van der Waals surface area (Å²) >= 11 is 0. The first-order valence-corrected chi connectivity index (χ1v) is 6.41. The Balaban J connectivity index is 2.56. The fraction of sp³-hybridized carbons (Fsp3) is 0.375. The Kier molecular flexibility index (Phi) is 3.20.